The van der Waals surface area contributed by atoms with Gasteiger partial charge >= 0.3 is 11.9 Å². The molecule has 2 aromatic carbocycles. The predicted molar refractivity (Wildman–Crippen MR) is 188 cm³/mol. The quantitative estimate of drug-likeness (QED) is 0.218. The van der Waals surface area contributed by atoms with E-state index < -0.39 is 28.4 Å². The maximum absolute atomic E-state index is 14.1. The van der Waals surface area contributed by atoms with Gasteiger partial charge in [-0.2, -0.15) is 13.2 Å². The number of imidazole rings is 1. The molecule has 3 aliphatic rings. The molecule has 2 aromatic heterocycles. The molecule has 0 unspecified atom stereocenters. The molecule has 51 heavy (non-hydrogen) atoms. The van der Waals surface area contributed by atoms with Crippen LogP contribution in [-0.2, 0) is 22.2 Å². The number of phenolic OH excluding ortho intramolecular Hbond substituents is 1. The normalized spacial score (nSPS) is 19.2. The SMILES string of the molecule is O=C(C[C@H](Cc1cc(Cl)c(O)c(C(F)(F)F)c1)C(=O)N1CCC(C2CCNCC2)CC1)N1CCC(n2c(=O)[nH]c3c4ccccc4ncc32)CC1. The van der Waals surface area contributed by atoms with Gasteiger partial charge in [-0.1, -0.05) is 29.8 Å². The van der Waals surface area contributed by atoms with Crippen molar-refractivity contribution in [3.05, 3.63) is 69.2 Å². The zero-order valence-electron chi connectivity index (χ0n) is 28.2. The third-order valence-electron chi connectivity index (χ3n) is 11.2. The van der Waals surface area contributed by atoms with E-state index in [1.54, 1.807) is 20.6 Å². The largest absolute Gasteiger partial charge is 0.506 e. The van der Waals surface area contributed by atoms with Gasteiger partial charge in [-0.05, 0) is 93.6 Å². The maximum Gasteiger partial charge on any atom is 0.420 e. The van der Waals surface area contributed by atoms with E-state index in [0.717, 1.165) is 55.7 Å². The number of likely N-dealkylation sites (tertiary alicyclic amines) is 2. The number of halogens is 4. The number of piperidine rings is 3. The zero-order valence-corrected chi connectivity index (χ0v) is 29.0. The lowest BCUT2D eigenvalue weighted by Gasteiger charge is -2.39. The molecule has 0 saturated carbocycles. The Bertz CT molecular complexity index is 1970. The number of benzene rings is 2. The highest BCUT2D eigenvalue weighted by molar-refractivity contribution is 6.32. The van der Waals surface area contributed by atoms with Crippen molar-refractivity contribution in [3.8, 4) is 5.75 Å². The molecule has 0 spiro atoms. The number of rotatable bonds is 7. The number of aromatic hydroxyl groups is 1. The minimum atomic E-state index is -4.85. The Morgan fingerprint density at radius 2 is 1.63 bits per heavy atom. The second kappa shape index (κ2) is 14.5. The van der Waals surface area contributed by atoms with Gasteiger partial charge in [0.25, 0.3) is 0 Å². The van der Waals surface area contributed by atoms with Crippen LogP contribution in [0.1, 0.15) is 62.1 Å². The maximum atomic E-state index is 14.1. The number of H-pyrrole nitrogens is 1. The van der Waals surface area contributed by atoms with Crippen molar-refractivity contribution in [2.75, 3.05) is 39.3 Å². The Balaban J connectivity index is 1.07. The average molecular weight is 727 g/mol. The molecule has 5 heterocycles. The van der Waals surface area contributed by atoms with E-state index in [4.69, 9.17) is 11.6 Å². The Kier molecular flexibility index (Phi) is 10.0. The van der Waals surface area contributed by atoms with E-state index in [-0.39, 0.29) is 42.0 Å². The fraction of sp³-hybridized carbons (Fsp3) is 0.514. The smallest absolute Gasteiger partial charge is 0.420 e. The molecule has 0 bridgehead atoms. The highest BCUT2D eigenvalue weighted by atomic mass is 35.5. The lowest BCUT2D eigenvalue weighted by molar-refractivity contribution is -0.143. The minimum absolute atomic E-state index is 0.124. The van der Waals surface area contributed by atoms with Gasteiger partial charge < -0.3 is 25.2 Å². The van der Waals surface area contributed by atoms with Crippen molar-refractivity contribution in [1.82, 2.24) is 29.7 Å². The summed E-state index contributed by atoms with van der Waals surface area (Å²) in [5.74, 6) is -1.38. The van der Waals surface area contributed by atoms with Crippen LogP contribution in [0.2, 0.25) is 5.02 Å². The van der Waals surface area contributed by atoms with E-state index in [2.05, 4.69) is 15.3 Å². The van der Waals surface area contributed by atoms with Crippen LogP contribution in [-0.4, -0.2) is 80.5 Å². The lowest BCUT2D eigenvalue weighted by atomic mass is 9.79. The molecule has 3 fully saturated rings. The molecule has 1 atom stereocenters. The molecule has 7 rings (SSSR count). The number of alkyl halides is 3. The van der Waals surface area contributed by atoms with Crippen LogP contribution in [0, 0.1) is 17.8 Å². The Hall–Kier alpha value is -4.10. The summed E-state index contributed by atoms with van der Waals surface area (Å²) in [5.41, 5.74) is 0.797. The molecular formula is C37H42ClF3N6O4. The average Bonchev–Trinajstić information content (AvgIpc) is 3.48. The van der Waals surface area contributed by atoms with E-state index >= 15 is 0 Å². The first-order valence-electron chi connectivity index (χ1n) is 17.8. The summed E-state index contributed by atoms with van der Waals surface area (Å²) >= 11 is 6.03. The molecule has 2 amide bonds. The van der Waals surface area contributed by atoms with Crippen LogP contribution in [0.15, 0.2) is 47.4 Å². The number of aromatic nitrogens is 3. The van der Waals surface area contributed by atoms with Crippen LogP contribution in [0.25, 0.3) is 21.9 Å². The first-order valence-corrected chi connectivity index (χ1v) is 18.2. The molecule has 4 aromatic rings. The van der Waals surface area contributed by atoms with Gasteiger partial charge in [0.05, 0.1) is 39.3 Å². The first kappa shape index (κ1) is 35.3. The number of hydrogen-bond donors (Lipinski definition) is 3. The molecule has 3 aliphatic heterocycles. The van der Waals surface area contributed by atoms with Crippen molar-refractivity contribution in [3.63, 3.8) is 0 Å². The van der Waals surface area contributed by atoms with E-state index in [1.165, 1.54) is 6.07 Å². The van der Waals surface area contributed by atoms with E-state index in [0.29, 0.717) is 61.9 Å². The van der Waals surface area contributed by atoms with Crippen molar-refractivity contribution < 1.29 is 27.9 Å². The molecule has 272 valence electrons. The highest BCUT2D eigenvalue weighted by Gasteiger charge is 2.38. The van der Waals surface area contributed by atoms with Crippen LogP contribution in [0.5, 0.6) is 5.75 Å². The number of fused-ring (bicyclic) bond motifs is 3. The number of nitrogens with zero attached hydrogens (tertiary/aromatic N) is 4. The molecule has 14 heteroatoms. The lowest BCUT2D eigenvalue weighted by Crippen LogP contribution is -2.46. The monoisotopic (exact) mass is 726 g/mol. The summed E-state index contributed by atoms with van der Waals surface area (Å²) < 4.78 is 43.0. The number of hydrogen-bond acceptors (Lipinski definition) is 6. The Morgan fingerprint density at radius 3 is 2.33 bits per heavy atom. The molecule has 3 saturated heterocycles. The topological polar surface area (TPSA) is 124 Å². The number of para-hydroxylation sites is 1. The molecule has 0 aliphatic carbocycles. The van der Waals surface area contributed by atoms with E-state index in [1.807, 2.05) is 24.3 Å². The summed E-state index contributed by atoms with van der Waals surface area (Å²) in [6, 6.07) is 9.46. The summed E-state index contributed by atoms with van der Waals surface area (Å²) in [6.45, 7) is 3.78. The van der Waals surface area contributed by atoms with Gasteiger partial charge in [0, 0.05) is 44.0 Å². The van der Waals surface area contributed by atoms with Gasteiger partial charge in [0.2, 0.25) is 11.8 Å². The standard InChI is InChI=1S/C37H42ClF3N6O4/c38-29-19-22(18-28(34(29)49)37(39,40)41)17-25(35(50)46-13-7-24(8-14-46)23-5-11-42-12-6-23)20-32(48)45-15-9-26(10-16-45)47-31-21-43-30-4-2-1-3-27(30)33(31)44-36(47)51/h1-4,18-19,21,23-26,42,49H,5-17,20H2,(H,44,51)/t25-/m0/s1. The van der Waals surface area contributed by atoms with Gasteiger partial charge in [-0.15, -0.1) is 0 Å². The zero-order chi connectivity index (χ0) is 35.9. The van der Waals surface area contributed by atoms with Crippen molar-refractivity contribution in [2.24, 2.45) is 17.8 Å². The Morgan fingerprint density at radius 1 is 0.961 bits per heavy atom. The van der Waals surface area contributed by atoms with Crippen molar-refractivity contribution in [2.45, 2.75) is 63.6 Å². The molecule has 0 radical (unpaired) electrons. The summed E-state index contributed by atoms with van der Waals surface area (Å²) in [5, 5.41) is 13.8. The number of carbonyl (C=O) groups is 2. The van der Waals surface area contributed by atoms with Gasteiger partial charge in [0.15, 0.2) is 0 Å². The fourth-order valence-corrected chi connectivity index (χ4v) is 8.72. The van der Waals surface area contributed by atoms with Gasteiger partial charge in [-0.3, -0.25) is 19.1 Å². The third-order valence-corrected chi connectivity index (χ3v) is 11.5. The number of nitrogens with one attached hydrogen (secondary N) is 2. The van der Waals surface area contributed by atoms with Crippen molar-refractivity contribution in [1.29, 1.82) is 0 Å². The van der Waals surface area contributed by atoms with Crippen LogP contribution in [0.3, 0.4) is 0 Å². The van der Waals surface area contributed by atoms with Crippen LogP contribution in [0.4, 0.5) is 13.2 Å². The Labute approximate surface area is 298 Å². The van der Waals surface area contributed by atoms with Gasteiger partial charge in [0.1, 0.15) is 5.75 Å². The number of amides is 2. The second-order valence-corrected chi connectivity index (χ2v) is 14.7. The number of phenols is 1. The van der Waals surface area contributed by atoms with Crippen LogP contribution < -0.4 is 11.0 Å². The summed E-state index contributed by atoms with van der Waals surface area (Å²) in [4.78, 5) is 52.0. The predicted octanol–water partition coefficient (Wildman–Crippen LogP) is 5.91. The summed E-state index contributed by atoms with van der Waals surface area (Å²) in [7, 11) is 0. The summed E-state index contributed by atoms with van der Waals surface area (Å²) in [6.07, 6.45) is 1.47. The first-order chi connectivity index (χ1) is 24.5. The number of aromatic amines is 1. The molecule has 3 N–H and O–H groups in total. The van der Waals surface area contributed by atoms with Gasteiger partial charge in [-0.25, -0.2) is 4.79 Å². The van der Waals surface area contributed by atoms with E-state index in [9.17, 15) is 32.7 Å². The third kappa shape index (κ3) is 7.32. The molecule has 10 nitrogen and oxygen atoms in total. The molecular weight excluding hydrogens is 685 g/mol. The number of pyridine rings is 1. The minimum Gasteiger partial charge on any atom is -0.506 e. The number of carbonyl (C=O) groups excluding carboxylic acids is 2. The van der Waals surface area contributed by atoms with Crippen LogP contribution >= 0.6 is 11.6 Å². The fourth-order valence-electron chi connectivity index (χ4n) is 8.48. The second-order valence-electron chi connectivity index (χ2n) is 14.3. The van der Waals surface area contributed by atoms with Crippen molar-refractivity contribution >= 4 is 45.4 Å². The highest BCUT2D eigenvalue weighted by Crippen LogP contribution is 2.41.